The van der Waals surface area contributed by atoms with Gasteiger partial charge in [0.25, 0.3) is 0 Å². The number of benzene rings is 1. The van der Waals surface area contributed by atoms with Crippen LogP contribution in [0.15, 0.2) is 45.2 Å². The van der Waals surface area contributed by atoms with Crippen molar-refractivity contribution in [2.45, 2.75) is 32.7 Å². The van der Waals surface area contributed by atoms with Crippen LogP contribution < -0.4 is 15.2 Å². The van der Waals surface area contributed by atoms with Gasteiger partial charge >= 0.3 is 5.97 Å². The lowest BCUT2D eigenvalue weighted by Gasteiger charge is -2.36. The molecule has 30 heavy (non-hydrogen) atoms. The number of nitrogens with two attached hydrogens (primary N) is 1. The van der Waals surface area contributed by atoms with E-state index >= 15 is 0 Å². The molecular formula is C21H24N4O4S. The van der Waals surface area contributed by atoms with Crippen LogP contribution in [-0.4, -0.2) is 36.9 Å². The summed E-state index contributed by atoms with van der Waals surface area (Å²) in [4.78, 5) is 19.8. The zero-order chi connectivity index (χ0) is 21.8. The van der Waals surface area contributed by atoms with E-state index in [1.165, 1.54) is 11.8 Å². The van der Waals surface area contributed by atoms with Crippen molar-refractivity contribution in [3.63, 3.8) is 0 Å². The molecule has 2 N–H and O–H groups in total. The number of para-hydroxylation sites is 1. The Balaban J connectivity index is 2.31. The predicted molar refractivity (Wildman–Crippen MR) is 115 cm³/mol. The summed E-state index contributed by atoms with van der Waals surface area (Å²) in [5.74, 6) is 0.775. The van der Waals surface area contributed by atoms with Gasteiger partial charge in [-0.25, -0.2) is 9.79 Å². The van der Waals surface area contributed by atoms with E-state index in [-0.39, 0.29) is 12.4 Å². The van der Waals surface area contributed by atoms with Crippen LogP contribution in [0.1, 0.15) is 38.3 Å². The molecule has 0 unspecified atom stereocenters. The second-order valence-corrected chi connectivity index (χ2v) is 7.49. The molecule has 0 spiro atoms. The van der Waals surface area contributed by atoms with Crippen LogP contribution in [0.4, 0.5) is 0 Å². The smallest absolute Gasteiger partial charge is 0.338 e. The summed E-state index contributed by atoms with van der Waals surface area (Å²) in [6.45, 7) is 3.99. The summed E-state index contributed by atoms with van der Waals surface area (Å²) in [7, 11) is 3.09. The Labute approximate surface area is 180 Å². The number of nitrogens with zero attached hydrogens (tertiary/aromatic N) is 3. The number of hydrogen-bond acceptors (Lipinski definition) is 9. The Kier molecular flexibility index (Phi) is 6.57. The summed E-state index contributed by atoms with van der Waals surface area (Å²) in [6, 6.07) is 6.89. The summed E-state index contributed by atoms with van der Waals surface area (Å²) < 4.78 is 16.5. The van der Waals surface area contributed by atoms with Crippen molar-refractivity contribution < 1.29 is 19.0 Å². The van der Waals surface area contributed by atoms with Crippen molar-refractivity contribution in [2.24, 2.45) is 10.7 Å². The van der Waals surface area contributed by atoms with Crippen LogP contribution in [0.25, 0.3) is 0 Å². The van der Waals surface area contributed by atoms with E-state index in [0.29, 0.717) is 44.8 Å². The second kappa shape index (κ2) is 9.13. The van der Waals surface area contributed by atoms with Crippen molar-refractivity contribution in [2.75, 3.05) is 20.8 Å². The third-order valence-electron chi connectivity index (χ3n) is 4.78. The Hall–Kier alpha value is -3.12. The van der Waals surface area contributed by atoms with E-state index in [9.17, 15) is 10.1 Å². The predicted octanol–water partition coefficient (Wildman–Crippen LogP) is 3.43. The van der Waals surface area contributed by atoms with Crippen molar-refractivity contribution >= 4 is 22.9 Å². The van der Waals surface area contributed by atoms with Gasteiger partial charge in [0.05, 0.1) is 32.1 Å². The first-order valence-electron chi connectivity index (χ1n) is 9.58. The molecule has 0 amide bonds. The van der Waals surface area contributed by atoms with Gasteiger partial charge in [0, 0.05) is 5.56 Å². The normalized spacial score (nSPS) is 18.0. The molecule has 0 aliphatic carbocycles. The van der Waals surface area contributed by atoms with E-state index in [4.69, 9.17) is 19.9 Å². The van der Waals surface area contributed by atoms with Gasteiger partial charge in [0.1, 0.15) is 22.8 Å². The van der Waals surface area contributed by atoms with Gasteiger partial charge in [0.15, 0.2) is 16.7 Å². The van der Waals surface area contributed by atoms with Crippen LogP contribution in [0.5, 0.6) is 11.5 Å². The molecular weight excluding hydrogens is 404 g/mol. The first-order chi connectivity index (χ1) is 14.5. The first kappa shape index (κ1) is 21.6. The molecule has 1 atom stereocenters. The standard InChI is InChI=1S/C21H24N4O4S/c1-5-8-13-16(20(26)29-6-2)17(12-9-7-10-14(27-3)18(12)28-4)25-19(23)15(11-22)30-21(25)24-13/h7,9-10,17H,5-6,8,23H2,1-4H3/t17-/m1/s1. The molecule has 1 aromatic rings. The maximum absolute atomic E-state index is 13.1. The minimum absolute atomic E-state index is 0.226. The number of allylic oxidation sites excluding steroid dienone is 2. The second-order valence-electron chi connectivity index (χ2n) is 6.51. The first-order valence-corrected chi connectivity index (χ1v) is 10.4. The third kappa shape index (κ3) is 3.59. The van der Waals surface area contributed by atoms with Gasteiger partial charge < -0.3 is 19.9 Å². The number of rotatable bonds is 7. The molecule has 0 saturated heterocycles. The summed E-state index contributed by atoms with van der Waals surface area (Å²) in [5.41, 5.74) is 8.00. The molecule has 0 bridgehead atoms. The number of hydrogen-bond donors (Lipinski definition) is 1. The fraction of sp³-hybridized carbons (Fsp3) is 0.381. The molecule has 0 radical (unpaired) electrons. The lowest BCUT2D eigenvalue weighted by Crippen LogP contribution is -2.39. The molecule has 3 rings (SSSR count). The van der Waals surface area contributed by atoms with Crippen molar-refractivity contribution in [1.82, 2.24) is 4.90 Å². The van der Waals surface area contributed by atoms with E-state index in [1.54, 1.807) is 32.1 Å². The SMILES string of the molecule is CCCC1=C(C(=O)OCC)[C@@H](c2cccc(OC)c2OC)N2C(=N1)SC(C#N)=C2N. The highest BCUT2D eigenvalue weighted by atomic mass is 32.2. The Morgan fingerprint density at radius 3 is 2.70 bits per heavy atom. The molecule has 8 nitrogen and oxygen atoms in total. The Morgan fingerprint density at radius 1 is 1.33 bits per heavy atom. The number of carbonyl (C=O) groups is 1. The molecule has 0 fully saturated rings. The largest absolute Gasteiger partial charge is 0.493 e. The van der Waals surface area contributed by atoms with Gasteiger partial charge in [-0.05, 0) is 31.2 Å². The summed E-state index contributed by atoms with van der Waals surface area (Å²) in [6.07, 6.45) is 1.37. The van der Waals surface area contributed by atoms with Gasteiger partial charge in [-0.2, -0.15) is 5.26 Å². The molecule has 158 valence electrons. The van der Waals surface area contributed by atoms with Gasteiger partial charge in [-0.1, -0.05) is 25.5 Å². The van der Waals surface area contributed by atoms with Gasteiger partial charge in [-0.15, -0.1) is 0 Å². The highest BCUT2D eigenvalue weighted by Crippen LogP contribution is 2.49. The summed E-state index contributed by atoms with van der Waals surface area (Å²) in [5, 5.41) is 10.1. The van der Waals surface area contributed by atoms with E-state index in [0.717, 1.165) is 6.42 Å². The number of thioether (sulfide) groups is 1. The fourth-order valence-corrected chi connectivity index (χ4v) is 4.45. The van der Waals surface area contributed by atoms with E-state index in [1.807, 2.05) is 19.1 Å². The quantitative estimate of drug-likeness (QED) is 0.658. The number of methoxy groups -OCH3 is 2. The molecule has 2 heterocycles. The molecule has 2 aliphatic heterocycles. The van der Waals surface area contributed by atoms with Crippen LogP contribution in [0.2, 0.25) is 0 Å². The third-order valence-corrected chi connectivity index (χ3v) is 5.75. The van der Waals surface area contributed by atoms with Crippen molar-refractivity contribution in [3.05, 3.63) is 45.8 Å². The number of esters is 1. The van der Waals surface area contributed by atoms with Gasteiger partial charge in [0.2, 0.25) is 0 Å². The van der Waals surface area contributed by atoms with Gasteiger partial charge in [-0.3, -0.25) is 4.90 Å². The fourth-order valence-electron chi connectivity index (χ4n) is 3.56. The molecule has 0 aromatic heterocycles. The monoisotopic (exact) mass is 428 g/mol. The molecule has 9 heteroatoms. The number of amidine groups is 1. The zero-order valence-corrected chi connectivity index (χ0v) is 18.2. The molecule has 0 saturated carbocycles. The summed E-state index contributed by atoms with van der Waals surface area (Å²) >= 11 is 1.19. The minimum Gasteiger partial charge on any atom is -0.493 e. The number of carbonyl (C=O) groups excluding carboxylic acids is 1. The highest BCUT2D eigenvalue weighted by Gasteiger charge is 2.44. The van der Waals surface area contributed by atoms with Crippen LogP contribution in [-0.2, 0) is 9.53 Å². The van der Waals surface area contributed by atoms with Crippen LogP contribution >= 0.6 is 11.8 Å². The van der Waals surface area contributed by atoms with E-state index < -0.39 is 12.0 Å². The lowest BCUT2D eigenvalue weighted by molar-refractivity contribution is -0.139. The highest BCUT2D eigenvalue weighted by molar-refractivity contribution is 8.17. The zero-order valence-electron chi connectivity index (χ0n) is 17.4. The Bertz CT molecular complexity index is 993. The molecule has 2 aliphatic rings. The molecule has 1 aromatic carbocycles. The average molecular weight is 429 g/mol. The lowest BCUT2D eigenvalue weighted by atomic mass is 9.92. The van der Waals surface area contributed by atoms with Crippen LogP contribution in [0.3, 0.4) is 0 Å². The average Bonchev–Trinajstić information content (AvgIpc) is 3.07. The van der Waals surface area contributed by atoms with E-state index in [2.05, 4.69) is 11.1 Å². The maximum atomic E-state index is 13.1. The number of aliphatic imine (C=N–C) groups is 1. The van der Waals surface area contributed by atoms with Crippen molar-refractivity contribution in [1.29, 1.82) is 5.26 Å². The topological polar surface area (TPSA) is 110 Å². The Morgan fingerprint density at radius 2 is 2.10 bits per heavy atom. The number of ether oxygens (including phenoxy) is 3. The minimum atomic E-state index is -0.665. The number of nitriles is 1. The number of fused-ring (bicyclic) bond motifs is 1. The van der Waals surface area contributed by atoms with Crippen LogP contribution in [0, 0.1) is 11.3 Å². The van der Waals surface area contributed by atoms with Crippen molar-refractivity contribution in [3.8, 4) is 17.6 Å². The maximum Gasteiger partial charge on any atom is 0.338 e.